The molecule has 6 nitrogen and oxygen atoms in total. The summed E-state index contributed by atoms with van der Waals surface area (Å²) < 4.78 is 0. The zero-order valence-corrected chi connectivity index (χ0v) is 12.7. The van der Waals surface area contributed by atoms with Crippen LogP contribution in [0.25, 0.3) is 0 Å². The maximum Gasteiger partial charge on any atom is 0.231 e. The van der Waals surface area contributed by atoms with Crippen molar-refractivity contribution in [2.24, 2.45) is 0 Å². The van der Waals surface area contributed by atoms with Crippen molar-refractivity contribution in [1.82, 2.24) is 15.0 Å². The minimum Gasteiger partial charge on any atom is -0.396 e. The van der Waals surface area contributed by atoms with Gasteiger partial charge in [0, 0.05) is 25.4 Å². The fourth-order valence-electron chi connectivity index (χ4n) is 1.51. The topological polar surface area (TPSA) is 74.2 Å². The second-order valence-electron chi connectivity index (χ2n) is 3.91. The van der Waals surface area contributed by atoms with Crippen molar-refractivity contribution in [2.45, 2.75) is 32.3 Å². The summed E-state index contributed by atoms with van der Waals surface area (Å²) in [4.78, 5) is 15.3. The molecule has 0 spiro atoms. The van der Waals surface area contributed by atoms with Crippen molar-refractivity contribution in [3.05, 3.63) is 0 Å². The van der Waals surface area contributed by atoms with Gasteiger partial charge in [0.25, 0.3) is 0 Å². The highest BCUT2D eigenvalue weighted by molar-refractivity contribution is 7.99. The maximum absolute atomic E-state index is 8.89. The Morgan fingerprint density at radius 1 is 1.16 bits per heavy atom. The van der Waals surface area contributed by atoms with Gasteiger partial charge in [-0.05, 0) is 20.3 Å². The van der Waals surface area contributed by atoms with E-state index in [4.69, 9.17) is 5.11 Å². The monoisotopic (exact) mass is 285 g/mol. The Morgan fingerprint density at radius 2 is 1.89 bits per heavy atom. The first-order valence-electron chi connectivity index (χ1n) is 6.73. The zero-order chi connectivity index (χ0) is 14.1. The van der Waals surface area contributed by atoms with E-state index in [0.717, 1.165) is 26.1 Å². The number of aromatic nitrogens is 3. The Balaban J connectivity index is 2.93. The minimum atomic E-state index is 0.120. The van der Waals surface area contributed by atoms with E-state index in [1.54, 1.807) is 0 Å². The Hall–Kier alpha value is -1.08. The van der Waals surface area contributed by atoms with Crippen molar-refractivity contribution >= 4 is 23.7 Å². The largest absolute Gasteiger partial charge is 0.396 e. The van der Waals surface area contributed by atoms with E-state index < -0.39 is 0 Å². The summed E-state index contributed by atoms with van der Waals surface area (Å²) in [7, 11) is 0. The lowest BCUT2D eigenvalue weighted by molar-refractivity contribution is 0.322. The molecule has 0 saturated heterocycles. The predicted molar refractivity (Wildman–Crippen MR) is 80.0 cm³/mol. The molecule has 0 aliphatic rings. The van der Waals surface area contributed by atoms with Gasteiger partial charge >= 0.3 is 0 Å². The van der Waals surface area contributed by atoms with Crippen molar-refractivity contribution in [3.63, 3.8) is 0 Å². The number of aliphatic hydroxyl groups excluding tert-OH is 1. The second kappa shape index (κ2) is 8.92. The van der Waals surface area contributed by atoms with Gasteiger partial charge in [0.2, 0.25) is 11.9 Å². The molecular weight excluding hydrogens is 262 g/mol. The Kier molecular flexibility index (Phi) is 7.50. The lowest BCUT2D eigenvalue weighted by atomic mass is 10.5. The molecule has 0 bridgehead atoms. The molecule has 1 rings (SSSR count). The van der Waals surface area contributed by atoms with Crippen LogP contribution in [0.15, 0.2) is 5.16 Å². The fourth-order valence-corrected chi connectivity index (χ4v) is 2.08. The van der Waals surface area contributed by atoms with Crippen LogP contribution in [0, 0.1) is 0 Å². The number of anilines is 2. The van der Waals surface area contributed by atoms with Crippen LogP contribution in [-0.4, -0.2) is 52.1 Å². The number of hydrogen-bond acceptors (Lipinski definition) is 7. The van der Waals surface area contributed by atoms with Gasteiger partial charge in [0.05, 0.1) is 6.61 Å². The SMILES string of the molecule is CCCNc1nc(SCCO)nc(N(CC)CC)n1. The first kappa shape index (κ1) is 16.0. The fraction of sp³-hybridized carbons (Fsp3) is 0.750. The molecule has 0 aliphatic carbocycles. The van der Waals surface area contributed by atoms with E-state index >= 15 is 0 Å². The van der Waals surface area contributed by atoms with Gasteiger partial charge in [0.15, 0.2) is 5.16 Å². The maximum atomic E-state index is 8.89. The zero-order valence-electron chi connectivity index (χ0n) is 11.9. The molecular formula is C12H23N5OS. The summed E-state index contributed by atoms with van der Waals surface area (Å²) in [5, 5.41) is 12.7. The summed E-state index contributed by atoms with van der Waals surface area (Å²) in [6.07, 6.45) is 1.02. The third kappa shape index (κ3) is 5.20. The number of aliphatic hydroxyl groups is 1. The van der Waals surface area contributed by atoms with E-state index in [1.807, 2.05) is 0 Å². The summed E-state index contributed by atoms with van der Waals surface area (Å²) in [5.74, 6) is 1.90. The van der Waals surface area contributed by atoms with Crippen molar-refractivity contribution < 1.29 is 5.11 Å². The average Bonchev–Trinajstić information content (AvgIpc) is 2.44. The van der Waals surface area contributed by atoms with Gasteiger partial charge in [-0.3, -0.25) is 0 Å². The molecule has 0 aliphatic heterocycles. The molecule has 1 heterocycles. The average molecular weight is 285 g/mol. The Bertz CT molecular complexity index is 347. The van der Waals surface area contributed by atoms with E-state index in [0.29, 0.717) is 22.8 Å². The molecule has 0 fully saturated rings. The van der Waals surface area contributed by atoms with Crippen LogP contribution in [0.5, 0.6) is 0 Å². The van der Waals surface area contributed by atoms with Gasteiger partial charge in [-0.15, -0.1) is 0 Å². The third-order valence-electron chi connectivity index (χ3n) is 2.50. The number of hydrogen-bond donors (Lipinski definition) is 2. The molecule has 108 valence electrons. The van der Waals surface area contributed by atoms with E-state index in [-0.39, 0.29) is 6.61 Å². The summed E-state index contributed by atoms with van der Waals surface area (Å²) in [6, 6.07) is 0. The minimum absolute atomic E-state index is 0.120. The normalized spacial score (nSPS) is 10.5. The van der Waals surface area contributed by atoms with E-state index in [2.05, 4.69) is 45.9 Å². The Labute approximate surface area is 119 Å². The number of thioether (sulfide) groups is 1. The number of nitrogens with one attached hydrogen (secondary N) is 1. The summed E-state index contributed by atoms with van der Waals surface area (Å²) in [5.41, 5.74) is 0. The van der Waals surface area contributed by atoms with Crippen LogP contribution in [0.4, 0.5) is 11.9 Å². The van der Waals surface area contributed by atoms with Gasteiger partial charge in [-0.25, -0.2) is 0 Å². The Morgan fingerprint density at radius 3 is 2.47 bits per heavy atom. The smallest absolute Gasteiger partial charge is 0.231 e. The molecule has 2 N–H and O–H groups in total. The molecule has 0 radical (unpaired) electrons. The first-order valence-corrected chi connectivity index (χ1v) is 7.72. The first-order chi connectivity index (χ1) is 9.24. The lowest BCUT2D eigenvalue weighted by Crippen LogP contribution is -2.25. The molecule has 19 heavy (non-hydrogen) atoms. The third-order valence-corrected chi connectivity index (χ3v) is 3.33. The van der Waals surface area contributed by atoms with Crippen molar-refractivity contribution in [3.8, 4) is 0 Å². The van der Waals surface area contributed by atoms with Gasteiger partial charge in [-0.2, -0.15) is 15.0 Å². The second-order valence-corrected chi connectivity index (χ2v) is 4.97. The van der Waals surface area contributed by atoms with Gasteiger partial charge in [0.1, 0.15) is 0 Å². The standard InChI is InChI=1S/C12H23N5OS/c1-4-7-13-10-14-11(17(5-2)6-3)16-12(15-10)19-9-8-18/h18H,4-9H2,1-3H3,(H,13,14,15,16). The highest BCUT2D eigenvalue weighted by Crippen LogP contribution is 2.18. The summed E-state index contributed by atoms with van der Waals surface area (Å²) >= 11 is 1.44. The molecule has 1 aromatic heterocycles. The van der Waals surface area contributed by atoms with Crippen molar-refractivity contribution in [2.75, 3.05) is 42.2 Å². The predicted octanol–water partition coefficient (Wildman–Crippen LogP) is 1.62. The van der Waals surface area contributed by atoms with Crippen LogP contribution < -0.4 is 10.2 Å². The number of rotatable bonds is 9. The van der Waals surface area contributed by atoms with Crippen LogP contribution >= 0.6 is 11.8 Å². The molecule has 1 aromatic rings. The van der Waals surface area contributed by atoms with E-state index in [1.165, 1.54) is 11.8 Å². The molecule has 7 heteroatoms. The van der Waals surface area contributed by atoms with Crippen LogP contribution in [0.2, 0.25) is 0 Å². The van der Waals surface area contributed by atoms with Crippen LogP contribution in [0.1, 0.15) is 27.2 Å². The molecule has 0 saturated carbocycles. The van der Waals surface area contributed by atoms with Gasteiger partial charge < -0.3 is 15.3 Å². The highest BCUT2D eigenvalue weighted by atomic mass is 32.2. The van der Waals surface area contributed by atoms with Gasteiger partial charge in [-0.1, -0.05) is 18.7 Å². The molecule has 0 aromatic carbocycles. The van der Waals surface area contributed by atoms with Crippen LogP contribution in [-0.2, 0) is 0 Å². The molecule has 0 atom stereocenters. The van der Waals surface area contributed by atoms with Crippen LogP contribution in [0.3, 0.4) is 0 Å². The van der Waals surface area contributed by atoms with Crippen molar-refractivity contribution in [1.29, 1.82) is 0 Å². The van der Waals surface area contributed by atoms with E-state index in [9.17, 15) is 0 Å². The quantitative estimate of drug-likeness (QED) is 0.668. The summed E-state index contributed by atoms with van der Waals surface area (Å²) in [6.45, 7) is 8.93. The molecule has 0 unspecified atom stereocenters. The lowest BCUT2D eigenvalue weighted by Gasteiger charge is -2.19. The highest BCUT2D eigenvalue weighted by Gasteiger charge is 2.11. The number of nitrogens with zero attached hydrogens (tertiary/aromatic N) is 4. The molecule has 0 amide bonds.